The molecule has 0 radical (unpaired) electrons. The van der Waals surface area contributed by atoms with Gasteiger partial charge in [0.2, 0.25) is 5.88 Å². The molecule has 0 amide bonds. The lowest BCUT2D eigenvalue weighted by molar-refractivity contribution is 0.117. The maximum atomic E-state index is 5.13. The zero-order chi connectivity index (χ0) is 11.1. The number of methoxy groups -OCH3 is 2. The van der Waals surface area contributed by atoms with E-state index < -0.39 is 0 Å². The van der Waals surface area contributed by atoms with Crippen molar-refractivity contribution < 1.29 is 9.47 Å². The van der Waals surface area contributed by atoms with E-state index in [1.807, 2.05) is 25.3 Å². The molecule has 0 saturated heterocycles. The molecular formula is C11H18N2O2. The Labute approximate surface area is 90.6 Å². The Balaban J connectivity index is 2.31. The molecule has 0 spiro atoms. The number of hydrogen-bond donors (Lipinski definition) is 1. The Kier molecular flexibility index (Phi) is 5.07. The highest BCUT2D eigenvalue weighted by atomic mass is 16.5. The van der Waals surface area contributed by atoms with Crippen LogP contribution in [-0.4, -0.2) is 31.9 Å². The molecule has 0 fully saturated rings. The molecule has 0 aromatic carbocycles. The quantitative estimate of drug-likeness (QED) is 0.766. The molecule has 1 aromatic rings. The van der Waals surface area contributed by atoms with E-state index in [9.17, 15) is 0 Å². The van der Waals surface area contributed by atoms with Gasteiger partial charge in [-0.05, 0) is 12.5 Å². The van der Waals surface area contributed by atoms with Crippen molar-refractivity contribution in [2.75, 3.05) is 20.8 Å². The van der Waals surface area contributed by atoms with Crippen LogP contribution in [0.3, 0.4) is 0 Å². The summed E-state index contributed by atoms with van der Waals surface area (Å²) in [6, 6.07) is 3.85. The average molecular weight is 210 g/mol. The summed E-state index contributed by atoms with van der Waals surface area (Å²) in [6.07, 6.45) is 2.04. The smallest absolute Gasteiger partial charge is 0.212 e. The second kappa shape index (κ2) is 6.37. The van der Waals surface area contributed by atoms with Crippen molar-refractivity contribution >= 4 is 0 Å². The third kappa shape index (κ3) is 4.27. The van der Waals surface area contributed by atoms with Gasteiger partial charge in [0, 0.05) is 32.5 Å². The summed E-state index contributed by atoms with van der Waals surface area (Å²) in [7, 11) is 3.32. The van der Waals surface area contributed by atoms with Crippen LogP contribution in [0.2, 0.25) is 0 Å². The van der Waals surface area contributed by atoms with E-state index >= 15 is 0 Å². The van der Waals surface area contributed by atoms with Gasteiger partial charge in [0.25, 0.3) is 0 Å². The molecule has 0 aliphatic rings. The van der Waals surface area contributed by atoms with E-state index in [1.165, 1.54) is 0 Å². The molecule has 4 heteroatoms. The van der Waals surface area contributed by atoms with Crippen LogP contribution in [0.25, 0.3) is 0 Å². The maximum Gasteiger partial charge on any atom is 0.212 e. The van der Waals surface area contributed by atoms with Gasteiger partial charge < -0.3 is 14.8 Å². The van der Waals surface area contributed by atoms with E-state index in [0.29, 0.717) is 5.88 Å². The number of rotatable bonds is 6. The summed E-state index contributed by atoms with van der Waals surface area (Å²) in [4.78, 5) is 4.12. The lowest BCUT2D eigenvalue weighted by Crippen LogP contribution is -2.25. The van der Waals surface area contributed by atoms with E-state index in [4.69, 9.17) is 9.47 Å². The van der Waals surface area contributed by atoms with Crippen LogP contribution in [0.15, 0.2) is 18.3 Å². The summed E-state index contributed by atoms with van der Waals surface area (Å²) in [5.74, 6) is 0.643. The first kappa shape index (κ1) is 11.9. The van der Waals surface area contributed by atoms with E-state index in [0.717, 1.165) is 18.7 Å². The monoisotopic (exact) mass is 210 g/mol. The lowest BCUT2D eigenvalue weighted by atomic mass is 10.3. The van der Waals surface area contributed by atoms with Crippen molar-refractivity contribution in [3.05, 3.63) is 23.9 Å². The molecule has 1 atom stereocenters. The minimum Gasteiger partial charge on any atom is -0.481 e. The van der Waals surface area contributed by atoms with Gasteiger partial charge in [-0.25, -0.2) is 4.98 Å². The van der Waals surface area contributed by atoms with Gasteiger partial charge in [-0.1, -0.05) is 6.07 Å². The van der Waals surface area contributed by atoms with Gasteiger partial charge in [-0.15, -0.1) is 0 Å². The minimum absolute atomic E-state index is 0.233. The maximum absolute atomic E-state index is 5.13. The van der Waals surface area contributed by atoms with Crippen LogP contribution >= 0.6 is 0 Å². The van der Waals surface area contributed by atoms with E-state index in [1.54, 1.807) is 14.2 Å². The summed E-state index contributed by atoms with van der Waals surface area (Å²) in [5.41, 5.74) is 1.14. The van der Waals surface area contributed by atoms with Gasteiger partial charge in [0.1, 0.15) is 0 Å². The topological polar surface area (TPSA) is 43.4 Å². The Morgan fingerprint density at radius 3 is 2.73 bits per heavy atom. The molecule has 1 rings (SSSR count). The second-order valence-electron chi connectivity index (χ2n) is 3.39. The van der Waals surface area contributed by atoms with Crippen LogP contribution in [0.4, 0.5) is 0 Å². The lowest BCUT2D eigenvalue weighted by Gasteiger charge is -2.10. The first-order valence-corrected chi connectivity index (χ1v) is 4.98. The Morgan fingerprint density at radius 2 is 2.20 bits per heavy atom. The average Bonchev–Trinajstić information content (AvgIpc) is 2.29. The zero-order valence-corrected chi connectivity index (χ0v) is 9.49. The van der Waals surface area contributed by atoms with E-state index in [2.05, 4.69) is 10.3 Å². The molecule has 84 valence electrons. The predicted octanol–water partition coefficient (Wildman–Crippen LogP) is 1.21. The third-order valence-electron chi connectivity index (χ3n) is 2.17. The molecule has 1 aromatic heterocycles. The minimum atomic E-state index is 0.233. The van der Waals surface area contributed by atoms with Crippen molar-refractivity contribution in [1.82, 2.24) is 10.3 Å². The van der Waals surface area contributed by atoms with Gasteiger partial charge in [-0.2, -0.15) is 0 Å². The van der Waals surface area contributed by atoms with Gasteiger partial charge >= 0.3 is 0 Å². The molecule has 1 heterocycles. The summed E-state index contributed by atoms with van der Waals surface area (Å²) in [6.45, 7) is 3.66. The Hall–Kier alpha value is -1.13. The van der Waals surface area contributed by atoms with Crippen molar-refractivity contribution in [2.24, 2.45) is 0 Å². The molecule has 1 N–H and O–H groups in total. The molecule has 0 aliphatic carbocycles. The van der Waals surface area contributed by atoms with Crippen molar-refractivity contribution in [1.29, 1.82) is 0 Å². The molecular weight excluding hydrogens is 192 g/mol. The van der Waals surface area contributed by atoms with Gasteiger partial charge in [-0.3, -0.25) is 0 Å². The third-order valence-corrected chi connectivity index (χ3v) is 2.17. The van der Waals surface area contributed by atoms with E-state index in [-0.39, 0.29) is 6.10 Å². The fraction of sp³-hybridized carbons (Fsp3) is 0.545. The number of hydrogen-bond acceptors (Lipinski definition) is 4. The van der Waals surface area contributed by atoms with Crippen LogP contribution < -0.4 is 10.1 Å². The predicted molar refractivity (Wildman–Crippen MR) is 59.0 cm³/mol. The highest BCUT2D eigenvalue weighted by Gasteiger charge is 1.99. The van der Waals surface area contributed by atoms with Crippen LogP contribution in [-0.2, 0) is 11.3 Å². The second-order valence-corrected chi connectivity index (χ2v) is 3.39. The van der Waals surface area contributed by atoms with Crippen molar-refractivity contribution in [3.63, 3.8) is 0 Å². The standard InChI is InChI=1S/C11H18N2O2/c1-9(14-2)6-12-7-10-4-5-11(15-3)13-8-10/h4-5,8-9,12H,6-7H2,1-3H3. The molecule has 0 saturated carbocycles. The number of aromatic nitrogens is 1. The first-order chi connectivity index (χ1) is 7.26. The number of ether oxygens (including phenoxy) is 2. The molecule has 15 heavy (non-hydrogen) atoms. The SMILES string of the molecule is COc1ccc(CNCC(C)OC)cn1. The largest absolute Gasteiger partial charge is 0.481 e. The van der Waals surface area contributed by atoms with Crippen LogP contribution in [0, 0.1) is 0 Å². The highest BCUT2D eigenvalue weighted by molar-refractivity contribution is 5.17. The van der Waals surface area contributed by atoms with Gasteiger partial charge in [0.15, 0.2) is 0 Å². The molecule has 4 nitrogen and oxygen atoms in total. The summed E-state index contributed by atoms with van der Waals surface area (Å²) in [5, 5.41) is 3.28. The van der Waals surface area contributed by atoms with Crippen LogP contribution in [0.1, 0.15) is 12.5 Å². The number of pyridine rings is 1. The summed E-state index contributed by atoms with van der Waals surface area (Å²) < 4.78 is 10.1. The van der Waals surface area contributed by atoms with Crippen molar-refractivity contribution in [3.8, 4) is 5.88 Å². The number of nitrogens with one attached hydrogen (secondary N) is 1. The fourth-order valence-corrected chi connectivity index (χ4v) is 1.14. The molecule has 1 unspecified atom stereocenters. The Morgan fingerprint density at radius 1 is 1.40 bits per heavy atom. The fourth-order valence-electron chi connectivity index (χ4n) is 1.14. The zero-order valence-electron chi connectivity index (χ0n) is 9.49. The summed E-state index contributed by atoms with van der Waals surface area (Å²) >= 11 is 0. The van der Waals surface area contributed by atoms with Gasteiger partial charge in [0.05, 0.1) is 13.2 Å². The number of nitrogens with zero attached hydrogens (tertiary/aromatic N) is 1. The van der Waals surface area contributed by atoms with Crippen molar-refractivity contribution in [2.45, 2.75) is 19.6 Å². The normalized spacial score (nSPS) is 12.5. The first-order valence-electron chi connectivity index (χ1n) is 4.98. The highest BCUT2D eigenvalue weighted by Crippen LogP contribution is 2.06. The molecule has 0 bridgehead atoms. The van der Waals surface area contributed by atoms with Crippen LogP contribution in [0.5, 0.6) is 5.88 Å². The molecule has 0 aliphatic heterocycles. The Bertz CT molecular complexity index is 274.